The molecule has 0 aromatic heterocycles. The lowest BCUT2D eigenvalue weighted by molar-refractivity contribution is -0.134. The number of carbonyl (C=O) groups excluding carboxylic acids is 3. The number of aryl methyl sites for hydroxylation is 1. The first-order valence-electron chi connectivity index (χ1n) is 10.0. The molecule has 2 aromatic rings. The number of amides is 4. The van der Waals surface area contributed by atoms with Crippen LogP contribution in [0.1, 0.15) is 24.5 Å². The van der Waals surface area contributed by atoms with Gasteiger partial charge in [0.1, 0.15) is 12.1 Å². The molecule has 1 saturated heterocycles. The molecule has 1 aliphatic heterocycles. The zero-order valence-electron chi connectivity index (χ0n) is 17.9. The number of urea groups is 1. The highest BCUT2D eigenvalue weighted by Crippen LogP contribution is 2.27. The Morgan fingerprint density at radius 1 is 1.03 bits per heavy atom. The van der Waals surface area contributed by atoms with E-state index in [0.29, 0.717) is 24.3 Å². The maximum absolute atomic E-state index is 12.9. The van der Waals surface area contributed by atoms with Crippen LogP contribution in [0.2, 0.25) is 0 Å². The number of methoxy groups -OCH3 is 2. The van der Waals surface area contributed by atoms with Crippen LogP contribution in [-0.2, 0) is 22.6 Å². The molecular formula is C23H27N3O5. The number of nitrogens with zero attached hydrogens (tertiary/aromatic N) is 1. The zero-order chi connectivity index (χ0) is 22.4. The van der Waals surface area contributed by atoms with Crippen molar-refractivity contribution in [3.63, 3.8) is 0 Å². The third-order valence-electron chi connectivity index (χ3n) is 5.34. The van der Waals surface area contributed by atoms with Gasteiger partial charge in [-0.3, -0.25) is 14.5 Å². The lowest BCUT2D eigenvalue weighted by Crippen LogP contribution is -2.45. The summed E-state index contributed by atoms with van der Waals surface area (Å²) in [5.41, 5.74) is 0.851. The SMILES string of the molecule is COc1ccc(CNC(=O)CN2C(=O)N[C@](C)(CCc3ccccc3)C2=O)cc1OC. The maximum atomic E-state index is 12.9. The Hall–Kier alpha value is -3.55. The summed E-state index contributed by atoms with van der Waals surface area (Å²) in [6.45, 7) is 1.59. The highest BCUT2D eigenvalue weighted by molar-refractivity contribution is 6.08. The molecule has 8 heteroatoms. The molecule has 1 fully saturated rings. The van der Waals surface area contributed by atoms with E-state index >= 15 is 0 Å². The van der Waals surface area contributed by atoms with E-state index in [0.717, 1.165) is 16.0 Å². The minimum absolute atomic E-state index is 0.230. The Labute approximate surface area is 181 Å². The molecule has 3 rings (SSSR count). The molecule has 0 saturated carbocycles. The van der Waals surface area contributed by atoms with E-state index in [-0.39, 0.29) is 13.1 Å². The summed E-state index contributed by atoms with van der Waals surface area (Å²) in [6, 6.07) is 14.5. The second-order valence-corrected chi connectivity index (χ2v) is 7.61. The molecule has 0 unspecified atom stereocenters. The molecule has 164 valence electrons. The summed E-state index contributed by atoms with van der Waals surface area (Å²) < 4.78 is 10.4. The summed E-state index contributed by atoms with van der Waals surface area (Å²) in [7, 11) is 3.08. The highest BCUT2D eigenvalue weighted by atomic mass is 16.5. The molecule has 8 nitrogen and oxygen atoms in total. The first-order valence-corrected chi connectivity index (χ1v) is 10.0. The summed E-state index contributed by atoms with van der Waals surface area (Å²) in [6.07, 6.45) is 1.09. The van der Waals surface area contributed by atoms with Gasteiger partial charge in [-0.25, -0.2) is 4.79 Å². The third-order valence-corrected chi connectivity index (χ3v) is 5.34. The van der Waals surface area contributed by atoms with E-state index in [4.69, 9.17) is 9.47 Å². The van der Waals surface area contributed by atoms with Gasteiger partial charge in [0, 0.05) is 6.54 Å². The standard InChI is InChI=1S/C23H27N3O5/c1-23(12-11-16-7-5-4-6-8-16)21(28)26(22(29)25-23)15-20(27)24-14-17-9-10-18(30-2)19(13-17)31-3/h4-10,13H,11-12,14-15H2,1-3H3,(H,24,27)(H,25,29)/t23-/m1/s1. The fourth-order valence-corrected chi connectivity index (χ4v) is 3.49. The van der Waals surface area contributed by atoms with Gasteiger partial charge in [-0.1, -0.05) is 36.4 Å². The molecule has 31 heavy (non-hydrogen) atoms. The van der Waals surface area contributed by atoms with Crippen LogP contribution in [0.15, 0.2) is 48.5 Å². The minimum atomic E-state index is -1.03. The Morgan fingerprint density at radius 3 is 2.42 bits per heavy atom. The van der Waals surface area contributed by atoms with Gasteiger partial charge >= 0.3 is 6.03 Å². The Bertz CT molecular complexity index is 963. The van der Waals surface area contributed by atoms with E-state index in [1.807, 2.05) is 30.3 Å². The van der Waals surface area contributed by atoms with Crippen LogP contribution < -0.4 is 20.1 Å². The largest absolute Gasteiger partial charge is 0.493 e. The van der Waals surface area contributed by atoms with Crippen LogP contribution in [0.5, 0.6) is 11.5 Å². The average molecular weight is 425 g/mol. The van der Waals surface area contributed by atoms with Crippen LogP contribution in [0.4, 0.5) is 4.79 Å². The Kier molecular flexibility index (Phi) is 6.79. The molecule has 1 aliphatic rings. The number of hydrogen-bond donors (Lipinski definition) is 2. The summed E-state index contributed by atoms with van der Waals surface area (Å²) in [5.74, 6) is 0.324. The predicted octanol–water partition coefficient (Wildman–Crippen LogP) is 2.26. The minimum Gasteiger partial charge on any atom is -0.493 e. The number of hydrogen-bond acceptors (Lipinski definition) is 5. The van der Waals surface area contributed by atoms with Crippen molar-refractivity contribution < 1.29 is 23.9 Å². The summed E-state index contributed by atoms with van der Waals surface area (Å²) >= 11 is 0. The predicted molar refractivity (Wildman–Crippen MR) is 115 cm³/mol. The van der Waals surface area contributed by atoms with Crippen molar-refractivity contribution in [3.05, 3.63) is 59.7 Å². The smallest absolute Gasteiger partial charge is 0.325 e. The van der Waals surface area contributed by atoms with Crippen molar-refractivity contribution in [1.82, 2.24) is 15.5 Å². The molecule has 2 aromatic carbocycles. The first-order chi connectivity index (χ1) is 14.9. The normalized spacial score (nSPS) is 18.0. The second-order valence-electron chi connectivity index (χ2n) is 7.61. The van der Waals surface area contributed by atoms with Gasteiger partial charge in [0.2, 0.25) is 5.91 Å². The third kappa shape index (κ3) is 5.14. The van der Waals surface area contributed by atoms with Gasteiger partial charge in [0.25, 0.3) is 5.91 Å². The molecule has 0 radical (unpaired) electrons. The van der Waals surface area contributed by atoms with Gasteiger partial charge < -0.3 is 20.1 Å². The monoisotopic (exact) mass is 425 g/mol. The van der Waals surface area contributed by atoms with Crippen LogP contribution in [-0.4, -0.2) is 49.0 Å². The number of ether oxygens (including phenoxy) is 2. The lowest BCUT2D eigenvalue weighted by Gasteiger charge is -2.21. The van der Waals surface area contributed by atoms with Crippen molar-refractivity contribution in [2.45, 2.75) is 31.8 Å². The fraction of sp³-hybridized carbons (Fsp3) is 0.348. The summed E-state index contributed by atoms with van der Waals surface area (Å²) in [4.78, 5) is 38.6. The zero-order valence-corrected chi connectivity index (χ0v) is 17.9. The second kappa shape index (κ2) is 9.51. The van der Waals surface area contributed by atoms with Crippen molar-refractivity contribution in [3.8, 4) is 11.5 Å². The lowest BCUT2D eigenvalue weighted by atomic mass is 9.93. The summed E-state index contributed by atoms with van der Waals surface area (Å²) in [5, 5.41) is 5.47. The Morgan fingerprint density at radius 2 is 1.74 bits per heavy atom. The first kappa shape index (κ1) is 22.1. The molecule has 4 amide bonds. The average Bonchev–Trinajstić information content (AvgIpc) is 3.00. The number of nitrogens with one attached hydrogen (secondary N) is 2. The van der Waals surface area contributed by atoms with Crippen LogP contribution in [0, 0.1) is 0 Å². The van der Waals surface area contributed by atoms with E-state index in [9.17, 15) is 14.4 Å². The molecule has 0 aliphatic carbocycles. The number of rotatable bonds is 9. The topological polar surface area (TPSA) is 97.0 Å². The van der Waals surface area contributed by atoms with Gasteiger partial charge in [0.15, 0.2) is 11.5 Å². The van der Waals surface area contributed by atoms with E-state index in [2.05, 4.69) is 10.6 Å². The molecule has 0 spiro atoms. The molecule has 1 atom stereocenters. The molecule has 1 heterocycles. The van der Waals surface area contributed by atoms with Gasteiger partial charge in [-0.05, 0) is 43.0 Å². The maximum Gasteiger partial charge on any atom is 0.325 e. The van der Waals surface area contributed by atoms with Crippen molar-refractivity contribution in [2.24, 2.45) is 0 Å². The van der Waals surface area contributed by atoms with E-state index in [1.165, 1.54) is 7.11 Å². The van der Waals surface area contributed by atoms with E-state index in [1.54, 1.807) is 32.2 Å². The number of imide groups is 1. The van der Waals surface area contributed by atoms with Crippen LogP contribution in [0.3, 0.4) is 0 Å². The Balaban J connectivity index is 1.56. The quantitative estimate of drug-likeness (QED) is 0.601. The van der Waals surface area contributed by atoms with Gasteiger partial charge in [-0.2, -0.15) is 0 Å². The van der Waals surface area contributed by atoms with Crippen LogP contribution >= 0.6 is 0 Å². The van der Waals surface area contributed by atoms with E-state index < -0.39 is 23.4 Å². The van der Waals surface area contributed by atoms with Crippen molar-refractivity contribution in [2.75, 3.05) is 20.8 Å². The number of benzene rings is 2. The van der Waals surface area contributed by atoms with Crippen molar-refractivity contribution in [1.29, 1.82) is 0 Å². The van der Waals surface area contributed by atoms with Crippen LogP contribution in [0.25, 0.3) is 0 Å². The van der Waals surface area contributed by atoms with Gasteiger partial charge in [0.05, 0.1) is 14.2 Å². The fourth-order valence-electron chi connectivity index (χ4n) is 3.49. The number of carbonyl (C=O) groups is 3. The van der Waals surface area contributed by atoms with Crippen molar-refractivity contribution >= 4 is 17.8 Å². The molecule has 0 bridgehead atoms. The highest BCUT2D eigenvalue weighted by Gasteiger charge is 2.47. The molecular weight excluding hydrogens is 398 g/mol. The molecule has 2 N–H and O–H groups in total. The van der Waals surface area contributed by atoms with Gasteiger partial charge in [-0.15, -0.1) is 0 Å².